The summed E-state index contributed by atoms with van der Waals surface area (Å²) in [6, 6.07) is 11.8. The van der Waals surface area contributed by atoms with Crippen LogP contribution in [0.2, 0.25) is 0 Å². The van der Waals surface area contributed by atoms with Gasteiger partial charge in [0.2, 0.25) is 0 Å². The van der Waals surface area contributed by atoms with Crippen molar-refractivity contribution >= 4 is 11.5 Å². The summed E-state index contributed by atoms with van der Waals surface area (Å²) < 4.78 is 0. The fraction of sp³-hybridized carbons (Fsp3) is 0.250. The summed E-state index contributed by atoms with van der Waals surface area (Å²) in [6.45, 7) is 3.82. The number of allylic oxidation sites excluding steroid dienone is 1. The molecule has 1 aliphatic heterocycles. The van der Waals surface area contributed by atoms with Gasteiger partial charge in [-0.15, -0.1) is 0 Å². The van der Waals surface area contributed by atoms with E-state index < -0.39 is 0 Å². The van der Waals surface area contributed by atoms with Crippen molar-refractivity contribution in [2.75, 3.05) is 18.0 Å². The minimum Gasteiger partial charge on any atom is -0.630 e. The molecule has 122 valence electrons. The normalized spacial score (nSPS) is 14.1. The van der Waals surface area contributed by atoms with Crippen molar-refractivity contribution < 1.29 is 5.48 Å². The number of piperidine rings is 1. The van der Waals surface area contributed by atoms with E-state index in [1.54, 1.807) is 12.3 Å². The first-order chi connectivity index (χ1) is 11.8. The summed E-state index contributed by atoms with van der Waals surface area (Å²) in [4.78, 5) is 6.53. The molecule has 0 radical (unpaired) electrons. The molecular formula is C20H21N3O. The lowest BCUT2D eigenvalue weighted by atomic mass is 10.0. The van der Waals surface area contributed by atoms with Crippen molar-refractivity contribution in [3.8, 4) is 11.8 Å². The highest BCUT2D eigenvalue weighted by atomic mass is 16.5. The van der Waals surface area contributed by atoms with E-state index in [1.165, 1.54) is 11.1 Å². The zero-order valence-corrected chi connectivity index (χ0v) is 13.8. The lowest BCUT2D eigenvalue weighted by Gasteiger charge is -2.29. The van der Waals surface area contributed by atoms with Gasteiger partial charge in [0.25, 0.3) is 0 Å². The molecule has 0 atom stereocenters. The standard InChI is InChI=1S/C20H21N3O/c1-16-5-2-7-18(15-16)8-3-6-17-10-13-23(14-11-17)20-19(22-24)9-4-12-21-20/h2,4-7,9,12,15H,10-11,13-14,22H2,1H3. The minimum atomic E-state index is 0.657. The fourth-order valence-corrected chi connectivity index (χ4v) is 2.86. The summed E-state index contributed by atoms with van der Waals surface area (Å²) in [5, 5.41) is 11.1. The lowest BCUT2D eigenvalue weighted by Crippen LogP contribution is -2.70. The smallest absolute Gasteiger partial charge is 0.191 e. The molecule has 2 heterocycles. The first kappa shape index (κ1) is 16.3. The Balaban J connectivity index is 1.63. The van der Waals surface area contributed by atoms with Crippen LogP contribution in [0.25, 0.3) is 0 Å². The number of aromatic nitrogens is 1. The number of aryl methyl sites for hydroxylation is 1. The molecule has 0 saturated carbocycles. The van der Waals surface area contributed by atoms with E-state index in [0.717, 1.165) is 42.8 Å². The second-order valence-corrected chi connectivity index (χ2v) is 5.96. The van der Waals surface area contributed by atoms with Crippen LogP contribution in [0.3, 0.4) is 0 Å². The van der Waals surface area contributed by atoms with Crippen LogP contribution >= 0.6 is 0 Å². The highest BCUT2D eigenvalue weighted by Crippen LogP contribution is 2.24. The Hall–Kier alpha value is -2.61. The van der Waals surface area contributed by atoms with Gasteiger partial charge in [-0.3, -0.25) is 0 Å². The number of hydrogen-bond donors (Lipinski definition) is 1. The van der Waals surface area contributed by atoms with E-state index in [1.807, 2.05) is 24.3 Å². The Bertz CT molecular complexity index is 792. The highest BCUT2D eigenvalue weighted by Gasteiger charge is 2.18. The topological polar surface area (TPSA) is 55.8 Å². The number of hydrogen-bond acceptors (Lipinski definition) is 3. The number of nitrogens with two attached hydrogens (primary N) is 1. The fourth-order valence-electron chi connectivity index (χ4n) is 2.86. The van der Waals surface area contributed by atoms with Crippen LogP contribution in [-0.2, 0) is 0 Å². The molecule has 3 rings (SSSR count). The zero-order chi connectivity index (χ0) is 16.8. The average Bonchev–Trinajstić information content (AvgIpc) is 2.62. The molecule has 0 spiro atoms. The van der Waals surface area contributed by atoms with E-state index >= 15 is 0 Å². The first-order valence-corrected chi connectivity index (χ1v) is 8.17. The Morgan fingerprint density at radius 2 is 2.04 bits per heavy atom. The van der Waals surface area contributed by atoms with Gasteiger partial charge in [-0.2, -0.15) is 0 Å². The van der Waals surface area contributed by atoms with Gasteiger partial charge >= 0.3 is 0 Å². The van der Waals surface area contributed by atoms with Gasteiger partial charge in [0.15, 0.2) is 11.5 Å². The minimum absolute atomic E-state index is 0.657. The molecule has 24 heavy (non-hydrogen) atoms. The molecule has 2 aromatic rings. The Morgan fingerprint density at radius 1 is 1.21 bits per heavy atom. The molecule has 0 aliphatic carbocycles. The second kappa shape index (κ2) is 7.78. The molecule has 4 heteroatoms. The second-order valence-electron chi connectivity index (χ2n) is 5.96. The van der Waals surface area contributed by atoms with E-state index in [-0.39, 0.29) is 0 Å². The third-order valence-corrected chi connectivity index (χ3v) is 4.16. The molecule has 0 bridgehead atoms. The Morgan fingerprint density at radius 3 is 2.79 bits per heavy atom. The lowest BCUT2D eigenvalue weighted by molar-refractivity contribution is -0.496. The maximum Gasteiger partial charge on any atom is 0.191 e. The number of quaternary nitrogens is 1. The number of pyridine rings is 1. The summed E-state index contributed by atoms with van der Waals surface area (Å²) in [5.41, 5.74) is 5.16. The van der Waals surface area contributed by atoms with Gasteiger partial charge in [0.1, 0.15) is 0 Å². The maximum atomic E-state index is 11.1. The predicted molar refractivity (Wildman–Crippen MR) is 96.8 cm³/mol. The van der Waals surface area contributed by atoms with Gasteiger partial charge < -0.3 is 15.6 Å². The molecule has 4 nitrogen and oxygen atoms in total. The number of anilines is 1. The largest absolute Gasteiger partial charge is 0.630 e. The van der Waals surface area contributed by atoms with Gasteiger partial charge in [0.05, 0.1) is 0 Å². The average molecular weight is 319 g/mol. The van der Waals surface area contributed by atoms with Crippen LogP contribution in [0.15, 0.2) is 54.2 Å². The predicted octanol–water partition coefficient (Wildman–Crippen LogP) is 2.66. The summed E-state index contributed by atoms with van der Waals surface area (Å²) >= 11 is 0. The summed E-state index contributed by atoms with van der Waals surface area (Å²) in [5.74, 6) is 7.16. The molecule has 0 amide bonds. The molecule has 1 aromatic carbocycles. The van der Waals surface area contributed by atoms with Crippen molar-refractivity contribution in [1.82, 2.24) is 4.98 Å². The van der Waals surface area contributed by atoms with Crippen LogP contribution < -0.4 is 10.4 Å². The van der Waals surface area contributed by atoms with Crippen LogP contribution in [0.4, 0.5) is 11.5 Å². The molecule has 1 saturated heterocycles. The maximum absolute atomic E-state index is 11.1. The molecular weight excluding hydrogens is 298 g/mol. The van der Waals surface area contributed by atoms with Crippen molar-refractivity contribution in [3.63, 3.8) is 0 Å². The van der Waals surface area contributed by atoms with E-state index in [9.17, 15) is 5.21 Å². The van der Waals surface area contributed by atoms with E-state index in [0.29, 0.717) is 5.69 Å². The van der Waals surface area contributed by atoms with Gasteiger partial charge in [-0.05, 0) is 49.6 Å². The van der Waals surface area contributed by atoms with Crippen molar-refractivity contribution in [3.05, 3.63) is 70.6 Å². The van der Waals surface area contributed by atoms with Gasteiger partial charge in [0, 0.05) is 30.9 Å². The van der Waals surface area contributed by atoms with Crippen molar-refractivity contribution in [2.45, 2.75) is 19.8 Å². The van der Waals surface area contributed by atoms with Crippen LogP contribution in [0, 0.1) is 24.0 Å². The number of nitrogens with zero attached hydrogens (tertiary/aromatic N) is 2. The van der Waals surface area contributed by atoms with Crippen LogP contribution in [0.5, 0.6) is 0 Å². The summed E-state index contributed by atoms with van der Waals surface area (Å²) in [6.07, 6.45) is 5.69. The highest BCUT2D eigenvalue weighted by molar-refractivity contribution is 5.57. The molecule has 2 N–H and O–H groups in total. The summed E-state index contributed by atoms with van der Waals surface area (Å²) in [7, 11) is 0. The van der Waals surface area contributed by atoms with Gasteiger partial charge in [-0.1, -0.05) is 29.5 Å². The zero-order valence-electron chi connectivity index (χ0n) is 13.8. The third-order valence-electron chi connectivity index (χ3n) is 4.16. The SMILES string of the molecule is Cc1cccc(C#CC=C2CCN(c3ncccc3[NH2+][O-])CC2)c1. The Labute approximate surface area is 142 Å². The van der Waals surface area contributed by atoms with Gasteiger partial charge in [-0.25, -0.2) is 4.98 Å². The van der Waals surface area contributed by atoms with E-state index in [2.05, 4.69) is 40.8 Å². The number of rotatable bonds is 2. The van der Waals surface area contributed by atoms with Crippen LogP contribution in [-0.4, -0.2) is 18.1 Å². The number of benzene rings is 1. The quantitative estimate of drug-likeness (QED) is 0.684. The molecule has 1 aliphatic rings. The third kappa shape index (κ3) is 4.02. The Kier molecular flexibility index (Phi) is 5.27. The van der Waals surface area contributed by atoms with Crippen LogP contribution in [0.1, 0.15) is 24.0 Å². The van der Waals surface area contributed by atoms with Crippen molar-refractivity contribution in [2.24, 2.45) is 0 Å². The molecule has 1 aromatic heterocycles. The first-order valence-electron chi connectivity index (χ1n) is 8.17. The monoisotopic (exact) mass is 319 g/mol. The van der Waals surface area contributed by atoms with E-state index in [4.69, 9.17) is 0 Å². The molecule has 0 unspecified atom stereocenters. The molecule has 1 fully saturated rings. The van der Waals surface area contributed by atoms with Crippen molar-refractivity contribution in [1.29, 1.82) is 0 Å².